The summed E-state index contributed by atoms with van der Waals surface area (Å²) in [4.78, 5) is 0. The van der Waals surface area contributed by atoms with Crippen molar-refractivity contribution in [2.45, 2.75) is 56.8 Å². The second-order valence-corrected chi connectivity index (χ2v) is 11.2. The molecule has 0 aromatic heterocycles. The number of nitrogens with one attached hydrogen (secondary N) is 2. The number of benzene rings is 3. The van der Waals surface area contributed by atoms with Crippen LogP contribution in [0.15, 0.2) is 91.0 Å². The van der Waals surface area contributed by atoms with E-state index in [1.165, 1.54) is 0 Å². The first-order valence-electron chi connectivity index (χ1n) is 11.7. The molecule has 5 rings (SSSR count). The van der Waals surface area contributed by atoms with E-state index in [4.69, 9.17) is 14.0 Å². The van der Waals surface area contributed by atoms with Gasteiger partial charge in [0, 0.05) is 0 Å². The second-order valence-electron chi connectivity index (χ2n) is 9.37. The Kier molecular flexibility index (Phi) is 6.61. The quantitative estimate of drug-likeness (QED) is 0.480. The van der Waals surface area contributed by atoms with Gasteiger partial charge in [-0.3, -0.25) is 0 Å². The van der Waals surface area contributed by atoms with E-state index in [0.717, 1.165) is 11.1 Å². The zero-order valence-electron chi connectivity index (χ0n) is 19.5. The molecule has 0 unspecified atom stereocenters. The van der Waals surface area contributed by atoms with Gasteiger partial charge in [0.25, 0.3) is 0 Å². The zero-order chi connectivity index (χ0) is 23.6. The molecule has 0 saturated carbocycles. The fraction of sp³-hybridized carbons (Fsp3) is 0.333. The molecule has 0 radical (unpaired) electrons. The maximum Gasteiger partial charge on any atom is 0.391 e. The van der Waals surface area contributed by atoms with E-state index in [2.05, 4.69) is 34.4 Å². The molecule has 2 aliphatic heterocycles. The molecule has 4 atom stereocenters. The highest BCUT2D eigenvalue weighted by atomic mass is 31.2. The normalized spacial score (nSPS) is 27.5. The van der Waals surface area contributed by atoms with Gasteiger partial charge in [0.15, 0.2) is 5.79 Å². The minimum atomic E-state index is -3.52. The van der Waals surface area contributed by atoms with Crippen molar-refractivity contribution < 1.29 is 18.6 Å². The summed E-state index contributed by atoms with van der Waals surface area (Å²) in [5.41, 5.74) is 2.25. The molecule has 3 aromatic carbocycles. The van der Waals surface area contributed by atoms with Crippen molar-refractivity contribution in [1.29, 1.82) is 0 Å². The van der Waals surface area contributed by atoms with Crippen molar-refractivity contribution in [2.24, 2.45) is 0 Å². The van der Waals surface area contributed by atoms with Gasteiger partial charge in [0.2, 0.25) is 0 Å². The van der Waals surface area contributed by atoms with Crippen molar-refractivity contribution in [1.82, 2.24) is 10.2 Å². The van der Waals surface area contributed by atoms with Gasteiger partial charge in [-0.2, -0.15) is 0 Å². The summed E-state index contributed by atoms with van der Waals surface area (Å²) < 4.78 is 33.2. The predicted molar refractivity (Wildman–Crippen MR) is 133 cm³/mol. The fourth-order valence-electron chi connectivity index (χ4n) is 4.80. The first-order valence-corrected chi connectivity index (χ1v) is 13.4. The molecule has 0 bridgehead atoms. The highest BCUT2D eigenvalue weighted by Gasteiger charge is 2.53. The van der Waals surface area contributed by atoms with E-state index in [9.17, 15) is 4.57 Å². The Balaban J connectivity index is 1.51. The van der Waals surface area contributed by atoms with Crippen LogP contribution in [-0.4, -0.2) is 30.1 Å². The molecule has 0 amide bonds. The maximum absolute atomic E-state index is 14.3. The minimum absolute atomic E-state index is 0.281. The van der Waals surface area contributed by atoms with Crippen molar-refractivity contribution in [3.63, 3.8) is 0 Å². The minimum Gasteiger partial charge on any atom is -0.422 e. The molecule has 34 heavy (non-hydrogen) atoms. The van der Waals surface area contributed by atoms with Crippen LogP contribution in [0.25, 0.3) is 0 Å². The SMILES string of the molecule is CC1(C)O[C@H]2[C@H](O1)[C@@H](Cc1ccccc1)NP(=O)(Oc1ccccc1)N[C@@H]2Cc1ccccc1. The van der Waals surface area contributed by atoms with Crippen LogP contribution in [0.3, 0.4) is 0 Å². The molecule has 2 saturated heterocycles. The van der Waals surface area contributed by atoms with E-state index in [1.807, 2.05) is 80.6 Å². The third kappa shape index (κ3) is 5.43. The number of ether oxygens (including phenoxy) is 2. The van der Waals surface area contributed by atoms with Gasteiger partial charge in [-0.25, -0.2) is 14.7 Å². The smallest absolute Gasteiger partial charge is 0.391 e. The van der Waals surface area contributed by atoms with Gasteiger partial charge < -0.3 is 14.0 Å². The van der Waals surface area contributed by atoms with Gasteiger partial charge >= 0.3 is 7.67 Å². The van der Waals surface area contributed by atoms with Gasteiger partial charge in [-0.15, -0.1) is 0 Å². The van der Waals surface area contributed by atoms with Gasteiger partial charge in [-0.05, 0) is 49.9 Å². The summed E-state index contributed by atoms with van der Waals surface area (Å²) in [5.74, 6) is -0.207. The van der Waals surface area contributed by atoms with Crippen molar-refractivity contribution >= 4 is 7.67 Å². The van der Waals surface area contributed by atoms with Crippen molar-refractivity contribution in [2.75, 3.05) is 0 Å². The Bertz CT molecular complexity index is 1060. The fourth-order valence-corrected chi connectivity index (χ4v) is 6.75. The van der Waals surface area contributed by atoms with E-state index in [1.54, 1.807) is 0 Å². The molecule has 7 heteroatoms. The molecule has 2 aliphatic rings. The summed E-state index contributed by atoms with van der Waals surface area (Å²) in [6, 6.07) is 29.0. The lowest BCUT2D eigenvalue weighted by molar-refractivity contribution is -0.150. The summed E-state index contributed by atoms with van der Waals surface area (Å²) in [7, 11) is -3.52. The molecule has 2 heterocycles. The molecule has 0 spiro atoms. The van der Waals surface area contributed by atoms with Gasteiger partial charge in [0.05, 0.1) is 12.1 Å². The average Bonchev–Trinajstić information content (AvgIpc) is 3.11. The van der Waals surface area contributed by atoms with Crippen LogP contribution in [0.2, 0.25) is 0 Å². The van der Waals surface area contributed by atoms with Crippen molar-refractivity contribution in [3.8, 4) is 5.75 Å². The second kappa shape index (κ2) is 9.65. The monoisotopic (exact) mass is 478 g/mol. The Morgan fingerprint density at radius 1 is 0.735 bits per heavy atom. The van der Waals surface area contributed by atoms with Crippen LogP contribution in [0.5, 0.6) is 5.75 Å². The van der Waals surface area contributed by atoms with E-state index in [0.29, 0.717) is 18.6 Å². The molecule has 2 fully saturated rings. The Morgan fingerprint density at radius 2 is 1.15 bits per heavy atom. The standard InChI is InChI=1S/C27H31N2O4P/c1-27(2)31-25-23(18-20-12-6-3-7-13-20)28-34(30,33-22-16-10-5-11-17-22)29-24(26(25)32-27)19-21-14-8-4-9-15-21/h3-17,23-26H,18-19H2,1-2H3,(H2,28,29,30)/t23-,24-,25-,26-/m1/s1. The van der Waals surface area contributed by atoms with Crippen LogP contribution in [0.1, 0.15) is 25.0 Å². The maximum atomic E-state index is 14.3. The number of rotatable bonds is 6. The van der Waals surface area contributed by atoms with E-state index in [-0.39, 0.29) is 24.3 Å². The molecule has 6 nitrogen and oxygen atoms in total. The molecular weight excluding hydrogens is 447 g/mol. The van der Waals surface area contributed by atoms with E-state index >= 15 is 0 Å². The summed E-state index contributed by atoms with van der Waals surface area (Å²) in [6.07, 6.45) is 0.630. The summed E-state index contributed by atoms with van der Waals surface area (Å²) in [6.45, 7) is 3.86. The van der Waals surface area contributed by atoms with Gasteiger partial charge in [0.1, 0.15) is 18.0 Å². The molecular formula is C27H31N2O4P. The number of para-hydroxylation sites is 1. The first-order chi connectivity index (χ1) is 16.4. The highest BCUT2D eigenvalue weighted by Crippen LogP contribution is 2.47. The Labute approximate surface area is 201 Å². The third-order valence-corrected chi connectivity index (χ3v) is 8.01. The number of hydrogen-bond donors (Lipinski definition) is 2. The lowest BCUT2D eigenvalue weighted by atomic mass is 9.92. The van der Waals surface area contributed by atoms with Crippen LogP contribution in [0, 0.1) is 0 Å². The van der Waals surface area contributed by atoms with Crippen LogP contribution >= 0.6 is 7.67 Å². The van der Waals surface area contributed by atoms with E-state index < -0.39 is 13.5 Å². The molecule has 3 aromatic rings. The molecule has 2 N–H and O–H groups in total. The molecule has 0 aliphatic carbocycles. The number of fused-ring (bicyclic) bond motifs is 1. The first kappa shape index (κ1) is 23.3. The zero-order valence-corrected chi connectivity index (χ0v) is 20.4. The lowest BCUT2D eigenvalue weighted by Crippen LogP contribution is -2.47. The van der Waals surface area contributed by atoms with Crippen LogP contribution in [-0.2, 0) is 26.9 Å². The Morgan fingerprint density at radius 3 is 1.59 bits per heavy atom. The lowest BCUT2D eigenvalue weighted by Gasteiger charge is -2.28. The topological polar surface area (TPSA) is 68.8 Å². The average molecular weight is 479 g/mol. The Hall–Kier alpha value is -2.47. The van der Waals surface area contributed by atoms with Crippen molar-refractivity contribution in [3.05, 3.63) is 102 Å². The largest absolute Gasteiger partial charge is 0.422 e. The molecule has 178 valence electrons. The summed E-state index contributed by atoms with van der Waals surface area (Å²) >= 11 is 0. The van der Waals surface area contributed by atoms with Gasteiger partial charge in [-0.1, -0.05) is 78.9 Å². The third-order valence-electron chi connectivity index (χ3n) is 6.20. The summed E-state index contributed by atoms with van der Waals surface area (Å²) in [5, 5.41) is 6.66. The van der Waals surface area contributed by atoms with Crippen LogP contribution < -0.4 is 14.7 Å². The predicted octanol–water partition coefficient (Wildman–Crippen LogP) is 5.11. The number of hydrogen-bond acceptors (Lipinski definition) is 4. The highest BCUT2D eigenvalue weighted by molar-refractivity contribution is 7.55. The van der Waals surface area contributed by atoms with Crippen LogP contribution in [0.4, 0.5) is 0 Å².